The maximum absolute atomic E-state index is 11.5. The molecule has 0 radical (unpaired) electrons. The van der Waals surface area contributed by atoms with Gasteiger partial charge in [0, 0.05) is 40.7 Å². The van der Waals surface area contributed by atoms with Crippen LogP contribution in [0.2, 0.25) is 0 Å². The fraction of sp³-hybridized carbons (Fsp3) is 0.875. The fourth-order valence-electron chi connectivity index (χ4n) is 2.60. The molecular weight excluding hydrogens is 405 g/mol. The second kappa shape index (κ2) is 13.8. The summed E-state index contributed by atoms with van der Waals surface area (Å²) >= 11 is 0. The van der Waals surface area contributed by atoms with Crippen LogP contribution in [0.1, 0.15) is 38.5 Å². The van der Waals surface area contributed by atoms with Crippen molar-refractivity contribution in [2.24, 2.45) is 4.99 Å². The van der Waals surface area contributed by atoms with Crippen LogP contribution in [0.3, 0.4) is 0 Å². The van der Waals surface area contributed by atoms with E-state index in [2.05, 4.69) is 20.5 Å². The van der Waals surface area contributed by atoms with Crippen LogP contribution in [0.4, 0.5) is 0 Å². The summed E-state index contributed by atoms with van der Waals surface area (Å²) in [5.41, 5.74) is 0. The monoisotopic (exact) mass is 439 g/mol. The lowest BCUT2D eigenvalue weighted by Crippen LogP contribution is -2.40. The van der Waals surface area contributed by atoms with Crippen LogP contribution >= 0.6 is 24.0 Å². The average Bonchev–Trinajstić information content (AvgIpc) is 2.78. The zero-order chi connectivity index (χ0) is 16.2. The van der Waals surface area contributed by atoms with E-state index in [0.29, 0.717) is 13.0 Å². The van der Waals surface area contributed by atoms with Crippen molar-refractivity contribution in [2.45, 2.75) is 38.5 Å². The number of nitrogens with one attached hydrogen (secondary N) is 2. The number of guanidine groups is 1. The molecule has 1 rings (SSSR count). The van der Waals surface area contributed by atoms with Crippen molar-refractivity contribution < 1.29 is 4.79 Å². The minimum atomic E-state index is 0. The van der Waals surface area contributed by atoms with E-state index in [1.54, 1.807) is 26.0 Å². The molecule has 0 aliphatic carbocycles. The van der Waals surface area contributed by atoms with Crippen LogP contribution in [0.5, 0.6) is 0 Å². The van der Waals surface area contributed by atoms with E-state index in [9.17, 15) is 4.79 Å². The predicted octanol–water partition coefficient (Wildman–Crippen LogP) is 1.51. The summed E-state index contributed by atoms with van der Waals surface area (Å²) < 4.78 is 0. The Morgan fingerprint density at radius 3 is 2.26 bits per heavy atom. The van der Waals surface area contributed by atoms with Crippen molar-refractivity contribution in [3.8, 4) is 0 Å². The summed E-state index contributed by atoms with van der Waals surface area (Å²) in [6.07, 6.45) is 7.07. The number of hydrogen-bond donors (Lipinski definition) is 2. The van der Waals surface area contributed by atoms with Crippen LogP contribution in [-0.4, -0.2) is 75.5 Å². The Hall–Kier alpha value is -0.570. The van der Waals surface area contributed by atoms with Crippen LogP contribution in [-0.2, 0) is 4.79 Å². The number of rotatable bonds is 7. The molecule has 1 amide bonds. The molecule has 0 spiro atoms. The van der Waals surface area contributed by atoms with Gasteiger partial charge in [-0.15, -0.1) is 24.0 Å². The summed E-state index contributed by atoms with van der Waals surface area (Å²) in [7, 11) is 5.31. The number of hydrogen-bond acceptors (Lipinski definition) is 3. The van der Waals surface area contributed by atoms with Gasteiger partial charge in [0.05, 0.1) is 0 Å². The normalized spacial score (nSPS) is 16.2. The third-order valence-corrected chi connectivity index (χ3v) is 4.00. The first-order valence-corrected chi connectivity index (χ1v) is 8.50. The van der Waals surface area contributed by atoms with E-state index in [1.807, 2.05) is 0 Å². The second-order valence-electron chi connectivity index (χ2n) is 6.07. The molecule has 0 bridgehead atoms. The Labute approximate surface area is 158 Å². The van der Waals surface area contributed by atoms with Gasteiger partial charge in [-0.05, 0) is 38.9 Å². The van der Waals surface area contributed by atoms with Gasteiger partial charge in [0.2, 0.25) is 5.91 Å². The molecule has 0 aromatic rings. The van der Waals surface area contributed by atoms with Crippen molar-refractivity contribution in [2.75, 3.05) is 53.9 Å². The van der Waals surface area contributed by atoms with E-state index in [-0.39, 0.29) is 29.9 Å². The quantitative estimate of drug-likeness (QED) is 0.273. The van der Waals surface area contributed by atoms with Crippen LogP contribution < -0.4 is 10.6 Å². The highest BCUT2D eigenvalue weighted by Crippen LogP contribution is 2.09. The molecular formula is C16H34IN5O. The molecule has 1 aliphatic heterocycles. The molecule has 0 aromatic heterocycles. The van der Waals surface area contributed by atoms with Gasteiger partial charge in [0.15, 0.2) is 5.96 Å². The SMILES string of the molecule is CN=C(NCCCN1CCCCCC1)NCCC(=O)N(C)C.I. The smallest absolute Gasteiger partial charge is 0.223 e. The van der Waals surface area contributed by atoms with E-state index >= 15 is 0 Å². The van der Waals surface area contributed by atoms with Crippen LogP contribution in [0, 0.1) is 0 Å². The lowest BCUT2D eigenvalue weighted by molar-refractivity contribution is -0.128. The lowest BCUT2D eigenvalue weighted by atomic mass is 10.2. The van der Waals surface area contributed by atoms with Crippen LogP contribution in [0.15, 0.2) is 4.99 Å². The molecule has 0 atom stereocenters. The number of halogens is 1. The standard InChI is InChI=1S/C16H33N5O.HI/c1-17-16(19-11-9-15(22)20(2)3)18-10-8-14-21-12-6-4-5-7-13-21;/h4-14H2,1-3H3,(H2,17,18,19);1H. The topological polar surface area (TPSA) is 60.0 Å². The predicted molar refractivity (Wildman–Crippen MR) is 108 cm³/mol. The van der Waals surface area contributed by atoms with Gasteiger partial charge in [-0.25, -0.2) is 0 Å². The van der Waals surface area contributed by atoms with Crippen molar-refractivity contribution >= 4 is 35.8 Å². The summed E-state index contributed by atoms with van der Waals surface area (Å²) in [5, 5.41) is 6.50. The third kappa shape index (κ3) is 10.8. The minimum absolute atomic E-state index is 0. The van der Waals surface area contributed by atoms with Crippen molar-refractivity contribution in [3.05, 3.63) is 0 Å². The molecule has 6 nitrogen and oxygen atoms in total. The summed E-state index contributed by atoms with van der Waals surface area (Å²) in [6, 6.07) is 0. The Morgan fingerprint density at radius 1 is 1.09 bits per heavy atom. The number of carbonyl (C=O) groups is 1. The molecule has 0 aromatic carbocycles. The molecule has 136 valence electrons. The molecule has 23 heavy (non-hydrogen) atoms. The van der Waals surface area contributed by atoms with Crippen molar-refractivity contribution in [3.63, 3.8) is 0 Å². The zero-order valence-corrected chi connectivity index (χ0v) is 17.3. The molecule has 0 unspecified atom stereocenters. The Bertz CT molecular complexity index is 341. The lowest BCUT2D eigenvalue weighted by Gasteiger charge is -2.20. The molecule has 0 saturated carbocycles. The maximum Gasteiger partial charge on any atom is 0.223 e. The minimum Gasteiger partial charge on any atom is -0.356 e. The van der Waals surface area contributed by atoms with E-state index in [4.69, 9.17) is 0 Å². The summed E-state index contributed by atoms with van der Waals surface area (Å²) in [5.74, 6) is 0.909. The zero-order valence-electron chi connectivity index (χ0n) is 14.9. The number of amides is 1. The van der Waals surface area contributed by atoms with Gasteiger partial charge >= 0.3 is 0 Å². The first-order valence-electron chi connectivity index (χ1n) is 8.50. The fourth-order valence-corrected chi connectivity index (χ4v) is 2.60. The van der Waals surface area contributed by atoms with Crippen LogP contribution in [0.25, 0.3) is 0 Å². The highest BCUT2D eigenvalue weighted by Gasteiger charge is 2.08. The molecule has 1 heterocycles. The number of nitrogens with zero attached hydrogens (tertiary/aromatic N) is 3. The van der Waals surface area contributed by atoms with E-state index in [1.165, 1.54) is 38.8 Å². The molecule has 2 N–H and O–H groups in total. The highest BCUT2D eigenvalue weighted by molar-refractivity contribution is 14.0. The largest absolute Gasteiger partial charge is 0.356 e. The van der Waals surface area contributed by atoms with Gasteiger partial charge in [-0.1, -0.05) is 12.8 Å². The summed E-state index contributed by atoms with van der Waals surface area (Å²) in [4.78, 5) is 19.9. The first kappa shape index (κ1) is 22.4. The van der Waals surface area contributed by atoms with Crippen molar-refractivity contribution in [1.29, 1.82) is 0 Å². The van der Waals surface area contributed by atoms with Gasteiger partial charge in [0.1, 0.15) is 0 Å². The Balaban J connectivity index is 0.00000484. The maximum atomic E-state index is 11.5. The molecule has 7 heteroatoms. The second-order valence-corrected chi connectivity index (χ2v) is 6.07. The number of carbonyl (C=O) groups excluding carboxylic acids is 1. The van der Waals surface area contributed by atoms with E-state index in [0.717, 1.165) is 25.5 Å². The molecule has 1 aliphatic rings. The van der Waals surface area contributed by atoms with Gasteiger partial charge < -0.3 is 20.4 Å². The highest BCUT2D eigenvalue weighted by atomic mass is 127. The van der Waals surface area contributed by atoms with Gasteiger partial charge in [0.25, 0.3) is 0 Å². The first-order chi connectivity index (χ1) is 10.6. The summed E-state index contributed by atoms with van der Waals surface area (Å²) in [6.45, 7) is 5.18. The van der Waals surface area contributed by atoms with Crippen molar-refractivity contribution in [1.82, 2.24) is 20.4 Å². The van der Waals surface area contributed by atoms with E-state index < -0.39 is 0 Å². The average molecular weight is 439 g/mol. The number of likely N-dealkylation sites (tertiary alicyclic amines) is 1. The van der Waals surface area contributed by atoms with Gasteiger partial charge in [-0.2, -0.15) is 0 Å². The number of aliphatic imine (C=N–C) groups is 1. The molecule has 1 saturated heterocycles. The third-order valence-electron chi connectivity index (χ3n) is 4.00. The Kier molecular flexibility index (Phi) is 13.5. The van der Waals surface area contributed by atoms with Gasteiger partial charge in [-0.3, -0.25) is 9.79 Å². The molecule has 1 fully saturated rings. The Morgan fingerprint density at radius 2 is 1.70 bits per heavy atom.